The number of sulfone groups is 1. The van der Waals surface area contributed by atoms with Gasteiger partial charge in [0.2, 0.25) is 17.7 Å². The van der Waals surface area contributed by atoms with E-state index in [1.165, 1.54) is 45.6 Å². The van der Waals surface area contributed by atoms with E-state index in [2.05, 4.69) is 20.9 Å². The van der Waals surface area contributed by atoms with Gasteiger partial charge in [0.15, 0.2) is 9.84 Å². The molecule has 5 aliphatic rings. The number of rotatable bonds is 9. The third kappa shape index (κ3) is 8.02. The molecule has 2 aromatic rings. The van der Waals surface area contributed by atoms with Crippen LogP contribution in [0.15, 0.2) is 42.7 Å². The second kappa shape index (κ2) is 17.6. The molecule has 0 radical (unpaired) electrons. The Balaban J connectivity index is 0.000000287. The van der Waals surface area contributed by atoms with Gasteiger partial charge in [0.25, 0.3) is 0 Å². The molecule has 21 nitrogen and oxygen atoms in total. The van der Waals surface area contributed by atoms with Crippen LogP contribution in [0.2, 0.25) is 0 Å². The molecule has 0 bridgehead atoms. The number of likely N-dealkylation sites (N-methyl/N-ethyl adjacent to an activating group) is 1. The maximum Gasteiger partial charge on any atom is 1.00 e. The van der Waals surface area contributed by atoms with Gasteiger partial charge in [-0.25, -0.2) is 13.2 Å². The zero-order valence-electron chi connectivity index (χ0n) is 32.4. The van der Waals surface area contributed by atoms with Crippen LogP contribution in [0.4, 0.5) is 4.79 Å². The van der Waals surface area contributed by atoms with Crippen molar-refractivity contribution in [3.8, 4) is 0 Å². The van der Waals surface area contributed by atoms with Crippen molar-refractivity contribution in [3.05, 3.63) is 48.3 Å². The standard InChI is InChI=1S/C23H27N5O7S.C10H12N4O5S.2Na/c1-4-26-10-11-27(19(32)18(26)31)22(35)25-13(12-8-6-5-7-9-12)16(29)24-14-17(30)28-15(21(33)34)23(2,3)36-20(14)28;1-10(5-13-3-2-11-12-13)8(9(16)17)14-6(15)4-7(14)20(10,18)19;;/h5-9,13-15,20H,4,10-11H2,1-3H3,(H,24,29)(H,25,35)(H,33,34);2-3,7-8H,4-5H2,1H3,(H,16,17);;/q;;2*+1/p-2/t13?,14-,15+,20-;7-,8?,10+;;/m11../s1. The summed E-state index contributed by atoms with van der Waals surface area (Å²) in [7, 11) is -3.84. The number of nitrogens with zero attached hydrogens (tertiary/aromatic N) is 7. The van der Waals surface area contributed by atoms with E-state index in [0.29, 0.717) is 12.1 Å². The molecular weight excluding hydrogens is 825 g/mol. The predicted molar refractivity (Wildman–Crippen MR) is 186 cm³/mol. The van der Waals surface area contributed by atoms with Crippen LogP contribution in [-0.4, -0.2) is 149 Å². The number of hydrogen-bond donors (Lipinski definition) is 2. The Morgan fingerprint density at radius 1 is 0.948 bits per heavy atom. The summed E-state index contributed by atoms with van der Waals surface area (Å²) in [6.45, 7) is 6.68. The molecule has 7 amide bonds. The van der Waals surface area contributed by atoms with Gasteiger partial charge in [0, 0.05) is 30.6 Å². The Labute approximate surface area is 380 Å². The number of carbonyl (C=O) groups is 8. The van der Waals surface area contributed by atoms with Gasteiger partial charge in [-0.15, -0.1) is 16.9 Å². The summed E-state index contributed by atoms with van der Waals surface area (Å²) in [5.74, 6) is -6.51. The van der Waals surface area contributed by atoms with Crippen LogP contribution in [-0.2, 0) is 49.9 Å². The SMILES string of the molecule is CCN1CCN(C(=O)NC(C(=O)N[C@@H]2C(=O)N3[C@@H]2SC(C)(C)[C@@H]3C(=O)[O-])c2ccccc2)C(=O)C1=O.C[C@]1(Cn2ccnn2)C(C(=O)[O-])N2C(=O)C[C@H]2S1(=O)=O.[Na+].[Na+]. The molecule has 5 saturated heterocycles. The van der Waals surface area contributed by atoms with Crippen LogP contribution in [0.3, 0.4) is 0 Å². The van der Waals surface area contributed by atoms with Crippen LogP contribution in [0.5, 0.6) is 0 Å². The second-order valence-electron chi connectivity index (χ2n) is 14.3. The number of imide groups is 1. The van der Waals surface area contributed by atoms with Crippen molar-refractivity contribution in [1.29, 1.82) is 0 Å². The van der Waals surface area contributed by atoms with E-state index in [-0.39, 0.29) is 85.2 Å². The predicted octanol–water partition coefficient (Wildman–Crippen LogP) is -10.4. The van der Waals surface area contributed by atoms with Gasteiger partial charge >= 0.3 is 77.0 Å². The smallest absolute Gasteiger partial charge is 0.548 e. The molecular formula is C33H37N9Na2O12S2. The van der Waals surface area contributed by atoms with E-state index in [1.807, 2.05) is 0 Å². The van der Waals surface area contributed by atoms with Crippen LogP contribution < -0.4 is 80.0 Å². The first kappa shape index (κ1) is 47.1. The van der Waals surface area contributed by atoms with Crippen molar-refractivity contribution in [2.45, 2.75) is 85.1 Å². The molecule has 5 aliphatic heterocycles. The van der Waals surface area contributed by atoms with Crippen molar-refractivity contribution in [2.75, 3.05) is 19.6 Å². The van der Waals surface area contributed by atoms with E-state index in [1.54, 1.807) is 51.1 Å². The van der Waals surface area contributed by atoms with Crippen LogP contribution in [0.25, 0.3) is 0 Å². The molecule has 0 saturated carbocycles. The van der Waals surface area contributed by atoms with E-state index in [4.69, 9.17) is 0 Å². The Morgan fingerprint density at radius 3 is 2.14 bits per heavy atom. The fourth-order valence-electron chi connectivity index (χ4n) is 7.59. The number of amides is 7. The third-order valence-corrected chi connectivity index (χ3v) is 14.9. The van der Waals surface area contributed by atoms with E-state index < -0.39 is 102 Å². The molecule has 1 aromatic carbocycles. The number of β-lactam (4-membered cyclic amide) rings is 2. The fraction of sp³-hybridized carbons (Fsp3) is 0.515. The Kier molecular flexibility index (Phi) is 14.3. The number of aliphatic carboxylic acids is 2. The number of benzene rings is 1. The number of carboxylic acid groups (broad SMARTS) is 2. The second-order valence-corrected chi connectivity index (χ2v) is 18.7. The number of hydrogen-bond acceptors (Lipinski definition) is 15. The zero-order valence-corrected chi connectivity index (χ0v) is 38.0. The van der Waals surface area contributed by atoms with E-state index in [9.17, 15) is 57.0 Å². The quantitative estimate of drug-likeness (QED) is 0.135. The number of aromatic nitrogens is 3. The first-order chi connectivity index (χ1) is 26.3. The fourth-order valence-corrected chi connectivity index (χ4v) is 11.6. The van der Waals surface area contributed by atoms with Crippen LogP contribution >= 0.6 is 11.8 Å². The van der Waals surface area contributed by atoms with Gasteiger partial charge in [0.1, 0.15) is 27.6 Å². The number of nitrogens with one attached hydrogen (secondary N) is 2. The largest absolute Gasteiger partial charge is 1.00 e. The average molecular weight is 862 g/mol. The minimum absolute atomic E-state index is 0. The van der Waals surface area contributed by atoms with Gasteiger partial charge in [-0.1, -0.05) is 35.5 Å². The molecule has 0 spiro atoms. The first-order valence-corrected chi connectivity index (χ1v) is 19.8. The summed E-state index contributed by atoms with van der Waals surface area (Å²) < 4.78 is 23.8. The van der Waals surface area contributed by atoms with Crippen molar-refractivity contribution < 1.29 is 116 Å². The number of piperazine rings is 1. The zero-order chi connectivity index (χ0) is 41.1. The molecule has 5 fully saturated rings. The summed E-state index contributed by atoms with van der Waals surface area (Å²) >= 11 is 1.24. The van der Waals surface area contributed by atoms with Crippen molar-refractivity contribution >= 4 is 69.1 Å². The van der Waals surface area contributed by atoms with E-state index in [0.717, 1.165) is 9.80 Å². The third-order valence-electron chi connectivity index (χ3n) is 10.5. The van der Waals surface area contributed by atoms with E-state index >= 15 is 0 Å². The summed E-state index contributed by atoms with van der Waals surface area (Å²) in [5.41, 5.74) is 0.393. The van der Waals surface area contributed by atoms with Crippen LogP contribution in [0.1, 0.15) is 45.7 Å². The van der Waals surface area contributed by atoms with Gasteiger partial charge in [-0.2, -0.15) is 0 Å². The van der Waals surface area contributed by atoms with Crippen LogP contribution in [0, 0.1) is 0 Å². The van der Waals surface area contributed by atoms with Gasteiger partial charge < -0.3 is 45.1 Å². The normalized spacial score (nSPS) is 27.9. The first-order valence-electron chi connectivity index (χ1n) is 17.3. The number of thioether (sulfide) groups is 1. The molecule has 300 valence electrons. The van der Waals surface area contributed by atoms with Crippen molar-refractivity contribution in [3.63, 3.8) is 0 Å². The molecule has 2 unspecified atom stereocenters. The number of urea groups is 1. The van der Waals surface area contributed by atoms with Gasteiger partial charge in [-0.05, 0) is 33.3 Å². The summed E-state index contributed by atoms with van der Waals surface area (Å²) in [4.78, 5) is 102. The topological polar surface area (TPSA) is 285 Å². The number of carbonyl (C=O) groups excluding carboxylic acids is 8. The Morgan fingerprint density at radius 2 is 1.59 bits per heavy atom. The summed E-state index contributed by atoms with van der Waals surface area (Å²) in [6, 6.07) is 2.40. The Bertz CT molecular complexity index is 2110. The maximum absolute atomic E-state index is 13.3. The molecule has 7 rings (SSSR count). The molecule has 7 atom stereocenters. The average Bonchev–Trinajstić information content (AvgIpc) is 3.78. The monoisotopic (exact) mass is 861 g/mol. The number of fused-ring (bicyclic) bond motifs is 2. The minimum Gasteiger partial charge on any atom is -0.548 e. The summed E-state index contributed by atoms with van der Waals surface area (Å²) in [6.07, 6.45) is 2.61. The molecule has 6 heterocycles. The molecule has 1 aromatic heterocycles. The molecule has 2 N–H and O–H groups in total. The Hall–Kier alpha value is -3.58. The van der Waals surface area contributed by atoms with Gasteiger partial charge in [0.05, 0.1) is 43.2 Å². The molecule has 25 heteroatoms. The number of carboxylic acids is 2. The van der Waals surface area contributed by atoms with Gasteiger partial charge in [-0.3, -0.25) is 33.6 Å². The minimum atomic E-state index is -3.84. The van der Waals surface area contributed by atoms with Crippen molar-refractivity contribution in [1.82, 2.24) is 45.2 Å². The molecule has 0 aliphatic carbocycles. The molecule has 58 heavy (non-hydrogen) atoms. The maximum atomic E-state index is 13.3. The van der Waals surface area contributed by atoms with Crippen molar-refractivity contribution in [2.24, 2.45) is 0 Å². The summed E-state index contributed by atoms with van der Waals surface area (Å²) in [5, 5.41) is 33.6.